The van der Waals surface area contributed by atoms with Crippen LogP contribution in [0.25, 0.3) is 0 Å². The first-order valence-corrected chi connectivity index (χ1v) is 6.54. The molecule has 0 unspecified atom stereocenters. The smallest absolute Gasteiger partial charge is 0.224 e. The zero-order valence-corrected chi connectivity index (χ0v) is 11.1. The Morgan fingerprint density at radius 3 is 2.60 bits per heavy atom. The van der Waals surface area contributed by atoms with Crippen molar-refractivity contribution in [1.82, 2.24) is 0 Å². The molecule has 0 bridgehead atoms. The Morgan fingerprint density at radius 2 is 1.90 bits per heavy atom. The summed E-state index contributed by atoms with van der Waals surface area (Å²) in [4.78, 5) is 11.8. The molecule has 2 rings (SSSR count). The standard InChI is InChI=1S/C16H17FN2O/c17-13-9-10-15(14(18)11-13)19-16(20)8-4-7-12-5-2-1-3-6-12/h1-3,5-6,9-11H,4,7-8,18H2,(H,19,20). The fourth-order valence-electron chi connectivity index (χ4n) is 1.96. The van der Waals surface area contributed by atoms with Crippen molar-refractivity contribution >= 4 is 17.3 Å². The van der Waals surface area contributed by atoms with Gasteiger partial charge in [-0.05, 0) is 36.6 Å². The van der Waals surface area contributed by atoms with Crippen LogP contribution in [-0.4, -0.2) is 5.91 Å². The lowest BCUT2D eigenvalue weighted by Gasteiger charge is -2.08. The maximum Gasteiger partial charge on any atom is 0.224 e. The van der Waals surface area contributed by atoms with Crippen LogP contribution in [0.1, 0.15) is 18.4 Å². The molecule has 0 spiro atoms. The monoisotopic (exact) mass is 272 g/mol. The van der Waals surface area contributed by atoms with Crippen molar-refractivity contribution in [3.05, 3.63) is 59.9 Å². The average Bonchev–Trinajstić information content (AvgIpc) is 2.43. The van der Waals surface area contributed by atoms with Crippen LogP contribution in [0.5, 0.6) is 0 Å². The fourth-order valence-corrected chi connectivity index (χ4v) is 1.96. The molecular weight excluding hydrogens is 255 g/mol. The average molecular weight is 272 g/mol. The first-order valence-electron chi connectivity index (χ1n) is 6.54. The van der Waals surface area contributed by atoms with Gasteiger partial charge in [0.25, 0.3) is 0 Å². The summed E-state index contributed by atoms with van der Waals surface area (Å²) in [6.45, 7) is 0. The van der Waals surface area contributed by atoms with E-state index >= 15 is 0 Å². The van der Waals surface area contributed by atoms with Crippen molar-refractivity contribution in [2.45, 2.75) is 19.3 Å². The first kappa shape index (κ1) is 14.1. The number of amides is 1. The Balaban J connectivity index is 1.81. The highest BCUT2D eigenvalue weighted by atomic mass is 19.1. The highest BCUT2D eigenvalue weighted by molar-refractivity contribution is 5.93. The van der Waals surface area contributed by atoms with Crippen LogP contribution in [0.2, 0.25) is 0 Å². The van der Waals surface area contributed by atoms with Crippen molar-refractivity contribution in [2.24, 2.45) is 0 Å². The van der Waals surface area contributed by atoms with Gasteiger partial charge in [0.05, 0.1) is 11.4 Å². The molecule has 104 valence electrons. The molecule has 1 amide bonds. The van der Waals surface area contributed by atoms with E-state index in [4.69, 9.17) is 5.73 Å². The zero-order valence-electron chi connectivity index (χ0n) is 11.1. The van der Waals surface area contributed by atoms with Crippen molar-refractivity contribution in [3.63, 3.8) is 0 Å². The van der Waals surface area contributed by atoms with Crippen LogP contribution in [0.3, 0.4) is 0 Å². The fraction of sp³-hybridized carbons (Fsp3) is 0.188. The maximum absolute atomic E-state index is 12.9. The van der Waals surface area contributed by atoms with Gasteiger partial charge in [-0.1, -0.05) is 30.3 Å². The van der Waals surface area contributed by atoms with Gasteiger partial charge in [0.15, 0.2) is 0 Å². The Hall–Kier alpha value is -2.36. The highest BCUT2D eigenvalue weighted by Crippen LogP contribution is 2.19. The number of benzene rings is 2. The van der Waals surface area contributed by atoms with Crippen LogP contribution in [0.15, 0.2) is 48.5 Å². The van der Waals surface area contributed by atoms with Crippen molar-refractivity contribution in [1.29, 1.82) is 0 Å². The van der Waals surface area contributed by atoms with E-state index in [9.17, 15) is 9.18 Å². The number of aryl methyl sites for hydroxylation is 1. The highest BCUT2D eigenvalue weighted by Gasteiger charge is 2.06. The molecular formula is C16H17FN2O. The number of nitrogens with one attached hydrogen (secondary N) is 1. The molecule has 4 heteroatoms. The number of nitrogens with two attached hydrogens (primary N) is 1. The molecule has 3 N–H and O–H groups in total. The number of rotatable bonds is 5. The largest absolute Gasteiger partial charge is 0.397 e. The molecule has 0 heterocycles. The Kier molecular flexibility index (Phi) is 4.71. The van der Waals surface area contributed by atoms with Crippen LogP contribution >= 0.6 is 0 Å². The van der Waals surface area contributed by atoms with E-state index in [0.29, 0.717) is 12.1 Å². The van der Waals surface area contributed by atoms with E-state index in [-0.39, 0.29) is 11.6 Å². The molecule has 0 saturated carbocycles. The second-order valence-corrected chi connectivity index (χ2v) is 4.62. The Labute approximate surface area is 117 Å². The summed E-state index contributed by atoms with van der Waals surface area (Å²) in [5.74, 6) is -0.524. The third kappa shape index (κ3) is 4.09. The summed E-state index contributed by atoms with van der Waals surface area (Å²) in [7, 11) is 0. The van der Waals surface area contributed by atoms with E-state index in [2.05, 4.69) is 5.32 Å². The molecule has 0 aliphatic heterocycles. The molecule has 2 aromatic rings. The van der Waals surface area contributed by atoms with Crippen molar-refractivity contribution in [2.75, 3.05) is 11.1 Å². The van der Waals surface area contributed by atoms with E-state index in [1.165, 1.54) is 23.8 Å². The quantitative estimate of drug-likeness (QED) is 0.820. The molecule has 0 saturated heterocycles. The second-order valence-electron chi connectivity index (χ2n) is 4.62. The second kappa shape index (κ2) is 6.70. The molecule has 0 atom stereocenters. The summed E-state index contributed by atoms with van der Waals surface area (Å²) in [5, 5.41) is 2.69. The molecule has 0 aromatic heterocycles. The third-order valence-corrected chi connectivity index (χ3v) is 3.00. The lowest BCUT2D eigenvalue weighted by Crippen LogP contribution is -2.13. The number of hydrogen-bond donors (Lipinski definition) is 2. The molecule has 0 aliphatic rings. The lowest BCUT2D eigenvalue weighted by molar-refractivity contribution is -0.116. The first-order chi connectivity index (χ1) is 9.65. The normalized spacial score (nSPS) is 10.2. The van der Waals surface area contributed by atoms with Crippen molar-refractivity contribution < 1.29 is 9.18 Å². The van der Waals surface area contributed by atoms with Gasteiger partial charge in [0.2, 0.25) is 5.91 Å². The minimum absolute atomic E-state index is 0.112. The zero-order chi connectivity index (χ0) is 14.4. The maximum atomic E-state index is 12.9. The summed E-state index contributed by atoms with van der Waals surface area (Å²) in [6.07, 6.45) is 2.02. The van der Waals surface area contributed by atoms with Crippen LogP contribution in [0.4, 0.5) is 15.8 Å². The predicted octanol–water partition coefficient (Wildman–Crippen LogP) is 3.37. The molecule has 0 radical (unpaired) electrons. The summed E-state index contributed by atoms with van der Waals surface area (Å²) in [5.41, 5.74) is 7.54. The van der Waals surface area contributed by atoms with E-state index < -0.39 is 5.82 Å². The SMILES string of the molecule is Nc1cc(F)ccc1NC(=O)CCCc1ccccc1. The van der Waals surface area contributed by atoms with Gasteiger partial charge >= 0.3 is 0 Å². The number of hydrogen-bond acceptors (Lipinski definition) is 2. The Morgan fingerprint density at radius 1 is 1.15 bits per heavy atom. The van der Waals surface area contributed by atoms with E-state index in [1.54, 1.807) is 0 Å². The summed E-state index contributed by atoms with van der Waals surface area (Å²) < 4.78 is 12.9. The number of anilines is 2. The van der Waals surface area contributed by atoms with E-state index in [1.807, 2.05) is 30.3 Å². The minimum Gasteiger partial charge on any atom is -0.397 e. The molecule has 0 aliphatic carbocycles. The van der Waals surface area contributed by atoms with Gasteiger partial charge in [-0.15, -0.1) is 0 Å². The van der Waals surface area contributed by atoms with Gasteiger partial charge in [0.1, 0.15) is 5.82 Å². The number of nitrogen functional groups attached to an aromatic ring is 1. The topological polar surface area (TPSA) is 55.1 Å². The van der Waals surface area contributed by atoms with Gasteiger partial charge in [-0.25, -0.2) is 4.39 Å². The molecule has 0 fully saturated rings. The molecule has 20 heavy (non-hydrogen) atoms. The summed E-state index contributed by atoms with van der Waals surface area (Å²) in [6, 6.07) is 13.9. The Bertz CT molecular complexity index is 584. The number of carbonyl (C=O) groups is 1. The van der Waals surface area contributed by atoms with Gasteiger partial charge in [-0.3, -0.25) is 4.79 Å². The number of carbonyl (C=O) groups excluding carboxylic acids is 1. The minimum atomic E-state index is -0.412. The number of halogens is 1. The van der Waals surface area contributed by atoms with E-state index in [0.717, 1.165) is 12.8 Å². The van der Waals surface area contributed by atoms with Crippen molar-refractivity contribution in [3.8, 4) is 0 Å². The molecule has 3 nitrogen and oxygen atoms in total. The predicted molar refractivity (Wildman–Crippen MR) is 78.8 cm³/mol. The van der Waals surface area contributed by atoms with Gasteiger partial charge in [-0.2, -0.15) is 0 Å². The van der Waals surface area contributed by atoms with Gasteiger partial charge < -0.3 is 11.1 Å². The third-order valence-electron chi connectivity index (χ3n) is 3.00. The van der Waals surface area contributed by atoms with Crippen LogP contribution in [-0.2, 0) is 11.2 Å². The molecule has 2 aromatic carbocycles. The lowest BCUT2D eigenvalue weighted by atomic mass is 10.1. The van der Waals surface area contributed by atoms with Gasteiger partial charge in [0, 0.05) is 6.42 Å². The van der Waals surface area contributed by atoms with Crippen LogP contribution < -0.4 is 11.1 Å². The van der Waals surface area contributed by atoms with Crippen LogP contribution in [0, 0.1) is 5.82 Å². The summed E-state index contributed by atoms with van der Waals surface area (Å²) >= 11 is 0.